The van der Waals surface area contributed by atoms with Gasteiger partial charge >= 0.3 is 0 Å². The van der Waals surface area contributed by atoms with Crippen LogP contribution in [-0.2, 0) is 11.3 Å². The van der Waals surface area contributed by atoms with Gasteiger partial charge in [-0.3, -0.25) is 4.79 Å². The van der Waals surface area contributed by atoms with Crippen molar-refractivity contribution in [2.75, 3.05) is 6.54 Å². The van der Waals surface area contributed by atoms with Gasteiger partial charge in [0.15, 0.2) is 0 Å². The minimum absolute atomic E-state index is 0.126. The number of hydrogen-bond donors (Lipinski definition) is 2. The average Bonchev–Trinajstić information content (AvgIpc) is 2.33. The van der Waals surface area contributed by atoms with Crippen molar-refractivity contribution in [3.63, 3.8) is 0 Å². The van der Waals surface area contributed by atoms with Gasteiger partial charge in [-0.05, 0) is 24.9 Å². The lowest BCUT2D eigenvalue weighted by Gasteiger charge is -2.04. The van der Waals surface area contributed by atoms with E-state index < -0.39 is 0 Å². The standard InChI is InChI=1S/C13H20N2O/c14-10-6-2-5-9-13(16)15-11-12-7-3-1-4-8-12/h1,3-4,7-8H,2,5-6,9-11,14H2,(H,15,16). The largest absolute Gasteiger partial charge is 0.352 e. The molecule has 16 heavy (non-hydrogen) atoms. The second-order valence-corrected chi connectivity index (χ2v) is 3.86. The first-order valence-corrected chi connectivity index (χ1v) is 5.83. The van der Waals surface area contributed by atoms with Crippen molar-refractivity contribution in [1.29, 1.82) is 0 Å². The van der Waals surface area contributed by atoms with Crippen LogP contribution in [0, 0.1) is 0 Å². The highest BCUT2D eigenvalue weighted by Gasteiger charge is 2.00. The molecule has 88 valence electrons. The Bertz CT molecular complexity index is 298. The molecule has 3 N–H and O–H groups in total. The lowest BCUT2D eigenvalue weighted by molar-refractivity contribution is -0.121. The first kappa shape index (κ1) is 12.7. The lowest BCUT2D eigenvalue weighted by Crippen LogP contribution is -2.22. The van der Waals surface area contributed by atoms with E-state index in [1.807, 2.05) is 30.3 Å². The molecule has 1 rings (SSSR count). The average molecular weight is 220 g/mol. The Morgan fingerprint density at radius 2 is 1.88 bits per heavy atom. The first-order valence-electron chi connectivity index (χ1n) is 5.83. The predicted octanol–water partition coefficient (Wildman–Crippen LogP) is 1.82. The number of amides is 1. The number of nitrogens with two attached hydrogens (primary N) is 1. The van der Waals surface area contributed by atoms with E-state index in [9.17, 15) is 4.79 Å². The van der Waals surface area contributed by atoms with Crippen molar-refractivity contribution < 1.29 is 4.79 Å². The fourth-order valence-corrected chi connectivity index (χ4v) is 1.49. The summed E-state index contributed by atoms with van der Waals surface area (Å²) in [6, 6.07) is 9.94. The second-order valence-electron chi connectivity index (χ2n) is 3.86. The van der Waals surface area contributed by atoms with Crippen molar-refractivity contribution in [1.82, 2.24) is 5.32 Å². The molecule has 0 aromatic heterocycles. The Kier molecular flexibility index (Phi) is 6.26. The van der Waals surface area contributed by atoms with Crippen LogP contribution in [0.4, 0.5) is 0 Å². The summed E-state index contributed by atoms with van der Waals surface area (Å²) in [5, 5.41) is 2.91. The maximum absolute atomic E-state index is 11.4. The molecule has 0 atom stereocenters. The van der Waals surface area contributed by atoms with Gasteiger partial charge in [0.1, 0.15) is 0 Å². The molecule has 3 heteroatoms. The molecule has 1 amide bonds. The van der Waals surface area contributed by atoms with Gasteiger partial charge in [-0.1, -0.05) is 36.8 Å². The highest BCUT2D eigenvalue weighted by Crippen LogP contribution is 2.00. The Morgan fingerprint density at radius 1 is 1.12 bits per heavy atom. The number of hydrogen-bond acceptors (Lipinski definition) is 2. The Labute approximate surface area is 97.0 Å². The first-order chi connectivity index (χ1) is 7.83. The number of nitrogens with one attached hydrogen (secondary N) is 1. The number of unbranched alkanes of at least 4 members (excludes halogenated alkanes) is 2. The summed E-state index contributed by atoms with van der Waals surface area (Å²) in [6.45, 7) is 1.34. The van der Waals surface area contributed by atoms with Crippen LogP contribution in [0.25, 0.3) is 0 Å². The topological polar surface area (TPSA) is 55.1 Å². The molecule has 0 heterocycles. The second kappa shape index (κ2) is 7.88. The Balaban J connectivity index is 2.11. The highest BCUT2D eigenvalue weighted by molar-refractivity contribution is 5.75. The maximum atomic E-state index is 11.4. The van der Waals surface area contributed by atoms with Gasteiger partial charge in [0.05, 0.1) is 0 Å². The van der Waals surface area contributed by atoms with Crippen molar-refractivity contribution in [3.05, 3.63) is 35.9 Å². The van der Waals surface area contributed by atoms with Crippen LogP contribution in [0.1, 0.15) is 31.2 Å². The van der Waals surface area contributed by atoms with Gasteiger partial charge in [0.2, 0.25) is 5.91 Å². The summed E-state index contributed by atoms with van der Waals surface area (Å²) in [5.74, 6) is 0.126. The third kappa shape index (κ3) is 5.51. The molecule has 0 aliphatic rings. The predicted molar refractivity (Wildman–Crippen MR) is 65.8 cm³/mol. The number of carbonyl (C=O) groups is 1. The van der Waals surface area contributed by atoms with E-state index in [2.05, 4.69) is 5.32 Å². The van der Waals surface area contributed by atoms with Crippen LogP contribution in [0.3, 0.4) is 0 Å². The SMILES string of the molecule is NCCCCCC(=O)NCc1ccccc1. The molecular weight excluding hydrogens is 200 g/mol. The van der Waals surface area contributed by atoms with E-state index >= 15 is 0 Å². The van der Waals surface area contributed by atoms with E-state index in [-0.39, 0.29) is 5.91 Å². The van der Waals surface area contributed by atoms with E-state index in [1.54, 1.807) is 0 Å². The van der Waals surface area contributed by atoms with E-state index in [0.717, 1.165) is 24.8 Å². The quantitative estimate of drug-likeness (QED) is 0.689. The molecule has 0 aliphatic carbocycles. The fraction of sp³-hybridized carbons (Fsp3) is 0.462. The fourth-order valence-electron chi connectivity index (χ4n) is 1.49. The zero-order chi connectivity index (χ0) is 11.6. The molecular formula is C13H20N2O. The van der Waals surface area contributed by atoms with Crippen molar-refractivity contribution in [3.8, 4) is 0 Å². The normalized spacial score (nSPS) is 10.1. The van der Waals surface area contributed by atoms with Crippen LogP contribution < -0.4 is 11.1 Å². The molecule has 0 fully saturated rings. The third-order valence-corrected chi connectivity index (χ3v) is 2.44. The Hall–Kier alpha value is -1.35. The zero-order valence-electron chi connectivity index (χ0n) is 9.61. The Morgan fingerprint density at radius 3 is 2.56 bits per heavy atom. The van der Waals surface area contributed by atoms with Gasteiger partial charge in [-0.2, -0.15) is 0 Å². The van der Waals surface area contributed by atoms with Crippen molar-refractivity contribution in [2.45, 2.75) is 32.2 Å². The monoisotopic (exact) mass is 220 g/mol. The molecule has 0 radical (unpaired) electrons. The minimum Gasteiger partial charge on any atom is -0.352 e. The van der Waals surface area contributed by atoms with E-state index in [0.29, 0.717) is 19.5 Å². The van der Waals surface area contributed by atoms with Gasteiger partial charge in [-0.25, -0.2) is 0 Å². The van der Waals surface area contributed by atoms with Gasteiger partial charge in [0, 0.05) is 13.0 Å². The lowest BCUT2D eigenvalue weighted by atomic mass is 10.2. The molecule has 3 nitrogen and oxygen atoms in total. The molecule has 0 unspecified atom stereocenters. The van der Waals surface area contributed by atoms with Crippen molar-refractivity contribution in [2.24, 2.45) is 5.73 Å². The summed E-state index contributed by atoms with van der Waals surface area (Å²) < 4.78 is 0. The van der Waals surface area contributed by atoms with Crippen molar-refractivity contribution >= 4 is 5.91 Å². The summed E-state index contributed by atoms with van der Waals surface area (Å²) in [5.41, 5.74) is 6.52. The summed E-state index contributed by atoms with van der Waals surface area (Å²) in [4.78, 5) is 11.4. The van der Waals surface area contributed by atoms with Gasteiger partial charge < -0.3 is 11.1 Å². The molecule has 0 aliphatic heterocycles. The van der Waals surface area contributed by atoms with Crippen LogP contribution >= 0.6 is 0 Å². The molecule has 1 aromatic carbocycles. The van der Waals surface area contributed by atoms with Crippen LogP contribution in [0.15, 0.2) is 30.3 Å². The summed E-state index contributed by atoms with van der Waals surface area (Å²) in [6.07, 6.45) is 3.58. The molecule has 0 bridgehead atoms. The van der Waals surface area contributed by atoms with Crippen LogP contribution in [-0.4, -0.2) is 12.5 Å². The number of benzene rings is 1. The van der Waals surface area contributed by atoms with Gasteiger partial charge in [0.25, 0.3) is 0 Å². The number of rotatable bonds is 7. The molecule has 0 saturated carbocycles. The zero-order valence-corrected chi connectivity index (χ0v) is 9.61. The number of carbonyl (C=O) groups excluding carboxylic acids is 1. The maximum Gasteiger partial charge on any atom is 0.220 e. The summed E-state index contributed by atoms with van der Waals surface area (Å²) in [7, 11) is 0. The van der Waals surface area contributed by atoms with E-state index in [1.165, 1.54) is 0 Å². The minimum atomic E-state index is 0.126. The van der Waals surface area contributed by atoms with Crippen LogP contribution in [0.2, 0.25) is 0 Å². The molecule has 1 aromatic rings. The van der Waals surface area contributed by atoms with E-state index in [4.69, 9.17) is 5.73 Å². The smallest absolute Gasteiger partial charge is 0.220 e. The molecule has 0 spiro atoms. The molecule has 0 saturated heterocycles. The third-order valence-electron chi connectivity index (χ3n) is 2.44. The summed E-state index contributed by atoms with van der Waals surface area (Å²) >= 11 is 0. The van der Waals surface area contributed by atoms with Crippen LogP contribution in [0.5, 0.6) is 0 Å². The van der Waals surface area contributed by atoms with Gasteiger partial charge in [-0.15, -0.1) is 0 Å². The highest BCUT2D eigenvalue weighted by atomic mass is 16.1.